The molecular weight excluding hydrogens is 414 g/mol. The highest BCUT2D eigenvalue weighted by atomic mass is 35.5. The molecule has 1 N–H and O–H groups in total. The van der Waals surface area contributed by atoms with Crippen LogP contribution in [-0.4, -0.2) is 22.3 Å². The molecule has 0 spiro atoms. The van der Waals surface area contributed by atoms with Crippen LogP contribution in [0.25, 0.3) is 10.9 Å². The maximum atomic E-state index is 13.0. The van der Waals surface area contributed by atoms with Gasteiger partial charge >= 0.3 is 0 Å². The molecule has 0 atom stereocenters. The van der Waals surface area contributed by atoms with Crippen LogP contribution in [0.3, 0.4) is 0 Å². The Labute approximate surface area is 183 Å². The molecule has 5 rings (SSSR count). The van der Waals surface area contributed by atoms with Crippen LogP contribution in [0.5, 0.6) is 5.75 Å². The molecule has 1 aliphatic heterocycles. The van der Waals surface area contributed by atoms with Crippen LogP contribution in [0, 0.1) is 11.3 Å². The van der Waals surface area contributed by atoms with Crippen LogP contribution in [0.1, 0.15) is 33.1 Å². The van der Waals surface area contributed by atoms with E-state index in [1.54, 1.807) is 41.3 Å². The van der Waals surface area contributed by atoms with Gasteiger partial charge in [-0.15, -0.1) is 0 Å². The van der Waals surface area contributed by atoms with Crippen molar-refractivity contribution in [3.8, 4) is 11.8 Å². The fourth-order valence-electron chi connectivity index (χ4n) is 3.92. The summed E-state index contributed by atoms with van der Waals surface area (Å²) < 4.78 is 11.4. The first kappa shape index (κ1) is 19.3. The van der Waals surface area contributed by atoms with E-state index >= 15 is 0 Å². The van der Waals surface area contributed by atoms with Crippen LogP contribution >= 0.6 is 11.6 Å². The van der Waals surface area contributed by atoms with Crippen LogP contribution < -0.4 is 4.74 Å². The molecule has 1 aliphatic rings. The summed E-state index contributed by atoms with van der Waals surface area (Å²) in [7, 11) is 0. The van der Waals surface area contributed by atoms with E-state index in [1.165, 1.54) is 0 Å². The molecule has 0 radical (unpaired) electrons. The summed E-state index contributed by atoms with van der Waals surface area (Å²) in [5.74, 6) is 1.11. The molecule has 0 saturated heterocycles. The Kier molecular flexibility index (Phi) is 4.89. The minimum absolute atomic E-state index is 0.136. The van der Waals surface area contributed by atoms with Gasteiger partial charge in [-0.3, -0.25) is 4.79 Å². The van der Waals surface area contributed by atoms with E-state index in [9.17, 15) is 4.79 Å². The van der Waals surface area contributed by atoms with Gasteiger partial charge < -0.3 is 19.0 Å². The summed E-state index contributed by atoms with van der Waals surface area (Å²) in [6, 6.07) is 18.2. The lowest BCUT2D eigenvalue weighted by Crippen LogP contribution is -2.35. The molecule has 154 valence electrons. The summed E-state index contributed by atoms with van der Waals surface area (Å²) in [6.45, 7) is 1.24. The monoisotopic (exact) mass is 431 g/mol. The number of halogens is 1. The zero-order valence-electron chi connectivity index (χ0n) is 16.5. The number of para-hydroxylation sites is 1. The molecule has 6 nitrogen and oxygen atoms in total. The van der Waals surface area contributed by atoms with Crippen LogP contribution in [-0.2, 0) is 19.6 Å². The van der Waals surface area contributed by atoms with Gasteiger partial charge in [-0.1, -0.05) is 23.7 Å². The van der Waals surface area contributed by atoms with Crippen molar-refractivity contribution in [2.24, 2.45) is 0 Å². The number of nitrogens with one attached hydrogen (secondary N) is 1. The van der Waals surface area contributed by atoms with Crippen LogP contribution in [0.15, 0.2) is 59.0 Å². The van der Waals surface area contributed by atoms with Gasteiger partial charge in [0.15, 0.2) is 5.76 Å². The Bertz CT molecular complexity index is 1330. The number of hydrogen-bond acceptors (Lipinski definition) is 4. The Morgan fingerprint density at radius 1 is 1.23 bits per heavy atom. The second kappa shape index (κ2) is 7.86. The molecule has 1 amide bonds. The maximum absolute atomic E-state index is 13.0. The zero-order valence-corrected chi connectivity index (χ0v) is 17.3. The van der Waals surface area contributed by atoms with Crippen molar-refractivity contribution in [2.45, 2.75) is 19.6 Å². The molecule has 4 aromatic rings. The van der Waals surface area contributed by atoms with E-state index in [1.807, 2.05) is 18.2 Å². The number of carbonyl (C=O) groups is 1. The van der Waals surface area contributed by atoms with Crippen molar-refractivity contribution in [3.05, 3.63) is 88.0 Å². The molecular formula is C24H18ClN3O3. The topological polar surface area (TPSA) is 82.3 Å². The van der Waals surface area contributed by atoms with Crippen molar-refractivity contribution < 1.29 is 13.9 Å². The molecule has 2 aromatic heterocycles. The lowest BCUT2D eigenvalue weighted by molar-refractivity contribution is 0.0698. The number of fused-ring (bicyclic) bond motifs is 3. The lowest BCUT2D eigenvalue weighted by Gasteiger charge is -2.26. The quantitative estimate of drug-likeness (QED) is 0.489. The molecule has 0 bridgehead atoms. The number of nitriles is 1. The van der Waals surface area contributed by atoms with E-state index < -0.39 is 0 Å². The van der Waals surface area contributed by atoms with Gasteiger partial charge in [0, 0.05) is 46.7 Å². The fourth-order valence-corrected chi connectivity index (χ4v) is 4.09. The smallest absolute Gasteiger partial charge is 0.289 e. The number of ether oxygens (including phenoxy) is 1. The van der Waals surface area contributed by atoms with E-state index in [0.717, 1.165) is 28.6 Å². The molecule has 31 heavy (non-hydrogen) atoms. The second-order valence-electron chi connectivity index (χ2n) is 7.41. The first-order valence-corrected chi connectivity index (χ1v) is 10.3. The Morgan fingerprint density at radius 3 is 2.97 bits per heavy atom. The summed E-state index contributed by atoms with van der Waals surface area (Å²) in [4.78, 5) is 18.2. The van der Waals surface area contributed by atoms with Gasteiger partial charge in [-0.2, -0.15) is 5.26 Å². The Hall–Kier alpha value is -3.69. The standard InChI is InChI=1S/C24H18ClN3O3/c25-16-5-7-20-18(11-16)19-13-28(10-9-21(19)27-20)24(29)23-8-6-17(31-23)14-30-22-4-2-1-3-15(22)12-26/h1-8,11,27H,9-10,13-14H2. The predicted molar refractivity (Wildman–Crippen MR) is 116 cm³/mol. The van der Waals surface area contributed by atoms with E-state index in [-0.39, 0.29) is 18.3 Å². The van der Waals surface area contributed by atoms with Crippen LogP contribution in [0.4, 0.5) is 0 Å². The van der Waals surface area contributed by atoms with E-state index in [0.29, 0.717) is 35.2 Å². The Morgan fingerprint density at radius 2 is 2.10 bits per heavy atom. The number of rotatable bonds is 4. The molecule has 0 unspecified atom stereocenters. The largest absolute Gasteiger partial charge is 0.484 e. The highest BCUT2D eigenvalue weighted by Crippen LogP contribution is 2.30. The number of hydrogen-bond donors (Lipinski definition) is 1. The zero-order chi connectivity index (χ0) is 21.4. The van der Waals surface area contributed by atoms with Gasteiger partial charge in [0.1, 0.15) is 24.2 Å². The third-order valence-electron chi connectivity index (χ3n) is 5.47. The lowest BCUT2D eigenvalue weighted by atomic mass is 10.0. The molecule has 0 saturated carbocycles. The summed E-state index contributed by atoms with van der Waals surface area (Å²) >= 11 is 6.17. The number of aromatic nitrogens is 1. The number of carbonyl (C=O) groups excluding carboxylic acids is 1. The highest BCUT2D eigenvalue weighted by molar-refractivity contribution is 6.31. The van der Waals surface area contributed by atoms with Gasteiger partial charge in [0.2, 0.25) is 0 Å². The second-order valence-corrected chi connectivity index (χ2v) is 7.85. The average molecular weight is 432 g/mol. The summed E-state index contributed by atoms with van der Waals surface area (Å²) in [5, 5.41) is 10.9. The van der Waals surface area contributed by atoms with Crippen molar-refractivity contribution in [2.75, 3.05) is 6.54 Å². The number of nitrogens with zero attached hydrogens (tertiary/aromatic N) is 2. The van der Waals surface area contributed by atoms with Gasteiger partial charge in [-0.25, -0.2) is 0 Å². The average Bonchev–Trinajstić information content (AvgIpc) is 3.41. The Balaban J connectivity index is 1.30. The first-order chi connectivity index (χ1) is 15.1. The van der Waals surface area contributed by atoms with Crippen molar-refractivity contribution >= 4 is 28.4 Å². The minimum atomic E-state index is -0.161. The van der Waals surface area contributed by atoms with Crippen molar-refractivity contribution in [1.82, 2.24) is 9.88 Å². The predicted octanol–water partition coefficient (Wildman–Crippen LogP) is 5.06. The molecule has 0 fully saturated rings. The first-order valence-electron chi connectivity index (χ1n) is 9.91. The third-order valence-corrected chi connectivity index (χ3v) is 5.71. The molecule has 7 heteroatoms. The van der Waals surface area contributed by atoms with Crippen molar-refractivity contribution in [1.29, 1.82) is 5.26 Å². The van der Waals surface area contributed by atoms with Gasteiger partial charge in [-0.05, 0) is 42.5 Å². The third kappa shape index (κ3) is 3.65. The van der Waals surface area contributed by atoms with Crippen LogP contribution in [0.2, 0.25) is 5.02 Å². The van der Waals surface area contributed by atoms with E-state index in [4.69, 9.17) is 26.0 Å². The number of furan rings is 1. The van der Waals surface area contributed by atoms with Crippen molar-refractivity contribution in [3.63, 3.8) is 0 Å². The SMILES string of the molecule is N#Cc1ccccc1OCc1ccc(C(=O)N2CCc3[nH]c4ccc(Cl)cc4c3C2)o1. The summed E-state index contributed by atoms with van der Waals surface area (Å²) in [5.41, 5.74) is 3.72. The maximum Gasteiger partial charge on any atom is 0.289 e. The highest BCUT2D eigenvalue weighted by Gasteiger charge is 2.26. The fraction of sp³-hybridized carbons (Fsp3) is 0.167. The number of H-pyrrole nitrogens is 1. The van der Waals surface area contributed by atoms with Gasteiger partial charge in [0.25, 0.3) is 5.91 Å². The number of aromatic amines is 1. The minimum Gasteiger partial charge on any atom is -0.484 e. The number of benzene rings is 2. The number of amides is 1. The normalized spacial score (nSPS) is 13.1. The molecule has 2 aromatic carbocycles. The summed E-state index contributed by atoms with van der Waals surface area (Å²) in [6.07, 6.45) is 0.745. The molecule has 0 aliphatic carbocycles. The molecule has 3 heterocycles. The van der Waals surface area contributed by atoms with E-state index in [2.05, 4.69) is 11.1 Å². The van der Waals surface area contributed by atoms with Gasteiger partial charge in [0.05, 0.1) is 5.56 Å².